The Bertz CT molecular complexity index is 2870. The summed E-state index contributed by atoms with van der Waals surface area (Å²) in [5, 5.41) is 9.43. The van der Waals surface area contributed by atoms with Gasteiger partial charge in [-0.2, -0.15) is 0 Å². The zero-order chi connectivity index (χ0) is 33.0. The van der Waals surface area contributed by atoms with Crippen molar-refractivity contribution < 1.29 is 4.42 Å². The maximum atomic E-state index is 6.82. The molecule has 0 bridgehead atoms. The van der Waals surface area contributed by atoms with Gasteiger partial charge in [-0.15, -0.1) is 0 Å². The molecule has 0 radical (unpaired) electrons. The summed E-state index contributed by atoms with van der Waals surface area (Å²) < 4.78 is 6.82. The molecule has 2 nitrogen and oxygen atoms in total. The Hall–Kier alpha value is -6.64. The lowest BCUT2D eigenvalue weighted by molar-refractivity contribution is 0.673. The molecule has 234 valence electrons. The van der Waals surface area contributed by atoms with Gasteiger partial charge < -0.3 is 9.32 Å². The van der Waals surface area contributed by atoms with Crippen LogP contribution in [0.4, 0.5) is 17.1 Å². The van der Waals surface area contributed by atoms with E-state index < -0.39 is 0 Å². The molecule has 0 saturated heterocycles. The van der Waals surface area contributed by atoms with Crippen LogP contribution in [0.1, 0.15) is 0 Å². The van der Waals surface area contributed by atoms with Gasteiger partial charge in [-0.3, -0.25) is 0 Å². The maximum absolute atomic E-state index is 6.82. The van der Waals surface area contributed by atoms with Crippen molar-refractivity contribution in [3.8, 4) is 22.3 Å². The van der Waals surface area contributed by atoms with E-state index in [1.54, 1.807) is 0 Å². The molecule has 0 aliphatic rings. The average molecular weight is 638 g/mol. The van der Waals surface area contributed by atoms with Crippen LogP contribution in [0.2, 0.25) is 0 Å². The van der Waals surface area contributed by atoms with Crippen LogP contribution in [0.25, 0.3) is 76.5 Å². The Morgan fingerprint density at radius 2 is 0.960 bits per heavy atom. The van der Waals surface area contributed by atoms with Gasteiger partial charge in [0, 0.05) is 39.0 Å². The molecule has 0 fully saturated rings. The molecule has 0 atom stereocenters. The van der Waals surface area contributed by atoms with Gasteiger partial charge in [0.05, 0.1) is 5.69 Å². The smallest absolute Gasteiger partial charge is 0.143 e. The maximum Gasteiger partial charge on any atom is 0.143 e. The van der Waals surface area contributed by atoms with E-state index in [0.717, 1.165) is 44.4 Å². The number of rotatable bonds is 5. The van der Waals surface area contributed by atoms with E-state index in [2.05, 4.69) is 193 Å². The molecule has 50 heavy (non-hydrogen) atoms. The normalized spacial score (nSPS) is 11.6. The first-order valence-corrected chi connectivity index (χ1v) is 17.1. The van der Waals surface area contributed by atoms with Gasteiger partial charge in [-0.1, -0.05) is 140 Å². The molecule has 10 rings (SSSR count). The number of hydrogen-bond acceptors (Lipinski definition) is 2. The van der Waals surface area contributed by atoms with Gasteiger partial charge in [-0.05, 0) is 86.3 Å². The van der Waals surface area contributed by atoms with E-state index in [1.165, 1.54) is 49.2 Å². The van der Waals surface area contributed by atoms with Crippen LogP contribution < -0.4 is 4.90 Å². The zero-order valence-electron chi connectivity index (χ0n) is 27.3. The van der Waals surface area contributed by atoms with Crippen molar-refractivity contribution >= 4 is 71.3 Å². The lowest BCUT2D eigenvalue weighted by Gasteiger charge is -2.26. The van der Waals surface area contributed by atoms with Crippen LogP contribution in [-0.4, -0.2) is 0 Å². The lowest BCUT2D eigenvalue weighted by Crippen LogP contribution is -2.10. The highest BCUT2D eigenvalue weighted by atomic mass is 16.3. The summed E-state index contributed by atoms with van der Waals surface area (Å²) in [6.07, 6.45) is 0. The Labute approximate surface area is 290 Å². The molecule has 0 aliphatic heterocycles. The van der Waals surface area contributed by atoms with Crippen LogP contribution in [0.5, 0.6) is 0 Å². The summed E-state index contributed by atoms with van der Waals surface area (Å²) >= 11 is 0. The minimum atomic E-state index is 0.866. The molecule has 0 spiro atoms. The molecule has 9 aromatic carbocycles. The third-order valence-corrected chi connectivity index (χ3v) is 10.0. The highest BCUT2D eigenvalue weighted by Crippen LogP contribution is 2.44. The molecule has 0 saturated carbocycles. The van der Waals surface area contributed by atoms with Crippen LogP contribution in [0.15, 0.2) is 192 Å². The van der Waals surface area contributed by atoms with Crippen molar-refractivity contribution in [3.63, 3.8) is 0 Å². The molecule has 0 aliphatic carbocycles. The van der Waals surface area contributed by atoms with Crippen LogP contribution in [0, 0.1) is 0 Å². The second kappa shape index (κ2) is 11.5. The number of hydrogen-bond donors (Lipinski definition) is 0. The number of benzene rings is 9. The number of furan rings is 1. The summed E-state index contributed by atoms with van der Waals surface area (Å²) in [5.41, 5.74) is 9.89. The standard InChI is InChI=1S/C48H31NO/c1-2-19-36(20-3-1)49(46-26-12-16-33-14-5-7-22-40(33)46)37-27-28-42-45-31-44(41-23-8-9-24-43(41)48(45)50-47(42)30-37)35-18-10-17-34(29-35)39-25-11-15-32-13-4-6-21-38(32)39/h1-31H. The van der Waals surface area contributed by atoms with E-state index in [0.29, 0.717) is 0 Å². The first kappa shape index (κ1) is 28.4. The average Bonchev–Trinajstić information content (AvgIpc) is 3.56. The molecule has 0 unspecified atom stereocenters. The van der Waals surface area contributed by atoms with Crippen molar-refractivity contribution in [3.05, 3.63) is 188 Å². The SMILES string of the molecule is c1ccc(N(c2ccc3c(c2)oc2c4ccccc4c(-c4cccc(-c5cccc6ccccc56)c4)cc32)c2cccc3ccccc23)cc1. The second-order valence-electron chi connectivity index (χ2n) is 12.9. The zero-order valence-corrected chi connectivity index (χ0v) is 27.3. The quantitative estimate of drug-likeness (QED) is 0.187. The molecule has 0 N–H and O–H groups in total. The molecular formula is C48H31NO. The number of para-hydroxylation sites is 1. The number of fused-ring (bicyclic) bond motifs is 7. The van der Waals surface area contributed by atoms with E-state index in [1.807, 2.05) is 0 Å². The highest BCUT2D eigenvalue weighted by Gasteiger charge is 2.19. The van der Waals surface area contributed by atoms with Gasteiger partial charge in [0.25, 0.3) is 0 Å². The second-order valence-corrected chi connectivity index (χ2v) is 12.9. The fraction of sp³-hybridized carbons (Fsp3) is 0. The number of anilines is 3. The minimum Gasteiger partial charge on any atom is -0.455 e. The lowest BCUT2D eigenvalue weighted by atomic mass is 9.92. The van der Waals surface area contributed by atoms with Gasteiger partial charge in [0.15, 0.2) is 0 Å². The first-order valence-electron chi connectivity index (χ1n) is 17.1. The third kappa shape index (κ3) is 4.57. The summed E-state index contributed by atoms with van der Waals surface area (Å²) in [4.78, 5) is 2.33. The van der Waals surface area contributed by atoms with Gasteiger partial charge in [-0.25, -0.2) is 0 Å². The molecule has 1 heterocycles. The third-order valence-electron chi connectivity index (χ3n) is 10.0. The first-order chi connectivity index (χ1) is 24.8. The van der Waals surface area contributed by atoms with Crippen molar-refractivity contribution in [1.82, 2.24) is 0 Å². The van der Waals surface area contributed by atoms with Crippen molar-refractivity contribution in [2.75, 3.05) is 4.90 Å². The van der Waals surface area contributed by atoms with E-state index >= 15 is 0 Å². The van der Waals surface area contributed by atoms with Gasteiger partial charge in [0.1, 0.15) is 11.2 Å². The van der Waals surface area contributed by atoms with E-state index in [-0.39, 0.29) is 0 Å². The Balaban J connectivity index is 1.16. The number of nitrogens with zero attached hydrogens (tertiary/aromatic N) is 1. The minimum absolute atomic E-state index is 0.866. The van der Waals surface area contributed by atoms with Crippen LogP contribution >= 0.6 is 0 Å². The van der Waals surface area contributed by atoms with Gasteiger partial charge in [0.2, 0.25) is 0 Å². The molecule has 1 aromatic heterocycles. The Kier molecular flexibility index (Phi) is 6.53. The van der Waals surface area contributed by atoms with Crippen molar-refractivity contribution in [2.45, 2.75) is 0 Å². The Morgan fingerprint density at radius 1 is 0.340 bits per heavy atom. The van der Waals surface area contributed by atoms with Gasteiger partial charge >= 0.3 is 0 Å². The monoisotopic (exact) mass is 637 g/mol. The fourth-order valence-electron chi connectivity index (χ4n) is 7.70. The molecular weight excluding hydrogens is 607 g/mol. The fourth-order valence-corrected chi connectivity index (χ4v) is 7.70. The predicted molar refractivity (Wildman–Crippen MR) is 212 cm³/mol. The van der Waals surface area contributed by atoms with E-state index in [4.69, 9.17) is 4.42 Å². The summed E-state index contributed by atoms with van der Waals surface area (Å²) in [7, 11) is 0. The van der Waals surface area contributed by atoms with Crippen LogP contribution in [0.3, 0.4) is 0 Å². The summed E-state index contributed by atoms with van der Waals surface area (Å²) in [5.74, 6) is 0. The van der Waals surface area contributed by atoms with Crippen molar-refractivity contribution in [2.24, 2.45) is 0 Å². The molecule has 2 heteroatoms. The van der Waals surface area contributed by atoms with Crippen molar-refractivity contribution in [1.29, 1.82) is 0 Å². The van der Waals surface area contributed by atoms with E-state index in [9.17, 15) is 0 Å². The largest absolute Gasteiger partial charge is 0.455 e. The Morgan fingerprint density at radius 3 is 1.78 bits per heavy atom. The predicted octanol–water partition coefficient (Wildman–Crippen LogP) is 13.8. The topological polar surface area (TPSA) is 16.4 Å². The highest BCUT2D eigenvalue weighted by molar-refractivity contribution is 6.19. The summed E-state index contributed by atoms with van der Waals surface area (Å²) in [6, 6.07) is 67.4. The van der Waals surface area contributed by atoms with Crippen LogP contribution in [-0.2, 0) is 0 Å². The molecule has 0 amide bonds. The summed E-state index contributed by atoms with van der Waals surface area (Å²) in [6.45, 7) is 0. The molecule has 10 aromatic rings.